The third-order valence-corrected chi connectivity index (χ3v) is 4.61. The van der Waals surface area contributed by atoms with Crippen LogP contribution >= 0.6 is 11.6 Å². The van der Waals surface area contributed by atoms with Gasteiger partial charge in [-0.3, -0.25) is 4.90 Å². The molecule has 2 rings (SSSR count). The topological polar surface area (TPSA) is 68.9 Å². The highest BCUT2D eigenvalue weighted by molar-refractivity contribution is 6.35. The van der Waals surface area contributed by atoms with Crippen molar-refractivity contribution in [3.63, 3.8) is 0 Å². The monoisotopic (exact) mass is 340 g/mol. The lowest BCUT2D eigenvalue weighted by molar-refractivity contribution is 0.0777. The van der Waals surface area contributed by atoms with Crippen LogP contribution in [0.25, 0.3) is 10.9 Å². The fraction of sp³-hybridized carbons (Fsp3) is 0.529. The molecule has 5 nitrogen and oxygen atoms in total. The maximum atomic E-state index is 10.4. The molecule has 0 aliphatic carbocycles. The normalized spacial score (nSPS) is 13.2. The second-order valence-electron chi connectivity index (χ2n) is 5.86. The molecule has 3 N–H and O–H groups in total. The Bertz CT molecular complexity index is 651. The molecule has 0 radical (unpaired) electrons. The van der Waals surface area contributed by atoms with E-state index in [2.05, 4.69) is 6.92 Å². The van der Waals surface area contributed by atoms with Crippen molar-refractivity contribution < 1.29 is 15.3 Å². The number of fused-ring (bicyclic) bond motifs is 1. The maximum absolute atomic E-state index is 10.4. The Morgan fingerprint density at radius 3 is 2.43 bits per heavy atom. The van der Waals surface area contributed by atoms with Gasteiger partial charge in [0.1, 0.15) is 0 Å². The molecule has 1 aromatic heterocycles. The van der Waals surface area contributed by atoms with E-state index < -0.39 is 6.10 Å². The van der Waals surface area contributed by atoms with Crippen LogP contribution in [0.3, 0.4) is 0 Å². The van der Waals surface area contributed by atoms with Crippen LogP contribution < -0.4 is 0 Å². The average molecular weight is 341 g/mol. The van der Waals surface area contributed by atoms with Crippen LogP contribution in [0.4, 0.5) is 0 Å². The fourth-order valence-electron chi connectivity index (χ4n) is 3.03. The Morgan fingerprint density at radius 1 is 1.17 bits per heavy atom. The Hall–Kier alpha value is -1.11. The van der Waals surface area contributed by atoms with Crippen molar-refractivity contribution >= 4 is 22.5 Å². The number of hydrogen-bond donors (Lipinski definition) is 3. The quantitative estimate of drug-likeness (QED) is 0.682. The van der Waals surface area contributed by atoms with E-state index in [0.717, 1.165) is 22.2 Å². The predicted molar refractivity (Wildman–Crippen MR) is 93.0 cm³/mol. The molecule has 128 valence electrons. The lowest BCUT2D eigenvalue weighted by Crippen LogP contribution is -2.38. The van der Waals surface area contributed by atoms with Crippen molar-refractivity contribution in [2.24, 2.45) is 0 Å². The van der Waals surface area contributed by atoms with Crippen LogP contribution in [0, 0.1) is 13.8 Å². The SMILES string of the molecule is Cc1c(C)n(CC(O)CN(CCO)CCO)c2c(Cl)cccc12. The Kier molecular flexibility index (Phi) is 6.44. The summed E-state index contributed by atoms with van der Waals surface area (Å²) in [5.74, 6) is 0. The number of aromatic nitrogens is 1. The van der Waals surface area contributed by atoms with Crippen molar-refractivity contribution in [2.45, 2.75) is 26.5 Å². The summed E-state index contributed by atoms with van der Waals surface area (Å²) in [6.45, 7) is 5.77. The van der Waals surface area contributed by atoms with Gasteiger partial charge in [0, 0.05) is 30.7 Å². The molecule has 23 heavy (non-hydrogen) atoms. The Labute approximate surface area is 141 Å². The number of nitrogens with zero attached hydrogens (tertiary/aromatic N) is 2. The molecule has 0 aliphatic rings. The van der Waals surface area contributed by atoms with Crippen molar-refractivity contribution in [3.8, 4) is 0 Å². The van der Waals surface area contributed by atoms with Gasteiger partial charge in [0.15, 0.2) is 0 Å². The summed E-state index contributed by atoms with van der Waals surface area (Å²) >= 11 is 6.36. The van der Waals surface area contributed by atoms with Crippen molar-refractivity contribution in [1.82, 2.24) is 9.47 Å². The summed E-state index contributed by atoms with van der Waals surface area (Å²) in [5.41, 5.74) is 3.19. The third kappa shape index (κ3) is 4.05. The van der Waals surface area contributed by atoms with Crippen LogP contribution in [0.2, 0.25) is 5.02 Å². The second-order valence-corrected chi connectivity index (χ2v) is 6.27. The van der Waals surface area contributed by atoms with Gasteiger partial charge >= 0.3 is 0 Å². The van der Waals surface area contributed by atoms with Crippen molar-refractivity contribution in [3.05, 3.63) is 34.5 Å². The highest BCUT2D eigenvalue weighted by Crippen LogP contribution is 2.30. The number of aliphatic hydroxyl groups is 3. The number of aliphatic hydroxyl groups excluding tert-OH is 3. The molecule has 0 spiro atoms. The van der Waals surface area contributed by atoms with E-state index in [9.17, 15) is 5.11 Å². The van der Waals surface area contributed by atoms with Crippen LogP contribution in [-0.2, 0) is 6.54 Å². The summed E-state index contributed by atoms with van der Waals surface area (Å²) in [7, 11) is 0. The number of para-hydroxylation sites is 1. The number of halogens is 1. The largest absolute Gasteiger partial charge is 0.395 e. The molecular formula is C17H25ClN2O3. The van der Waals surface area contributed by atoms with Gasteiger partial charge in [-0.15, -0.1) is 0 Å². The second kappa shape index (κ2) is 8.13. The van der Waals surface area contributed by atoms with E-state index >= 15 is 0 Å². The van der Waals surface area contributed by atoms with Crippen LogP contribution in [0.1, 0.15) is 11.3 Å². The van der Waals surface area contributed by atoms with E-state index in [1.54, 1.807) is 0 Å². The van der Waals surface area contributed by atoms with E-state index in [4.69, 9.17) is 21.8 Å². The molecule has 2 aromatic rings. The zero-order valence-corrected chi connectivity index (χ0v) is 14.4. The molecule has 1 heterocycles. The average Bonchev–Trinajstić information content (AvgIpc) is 2.74. The number of rotatable bonds is 8. The van der Waals surface area contributed by atoms with Crippen molar-refractivity contribution in [2.75, 3.05) is 32.8 Å². The summed E-state index contributed by atoms with van der Waals surface area (Å²) in [5, 5.41) is 30.3. The lowest BCUT2D eigenvalue weighted by Gasteiger charge is -2.24. The van der Waals surface area contributed by atoms with E-state index in [1.165, 1.54) is 0 Å². The van der Waals surface area contributed by atoms with Crippen LogP contribution in [0.15, 0.2) is 18.2 Å². The van der Waals surface area contributed by atoms with Gasteiger partial charge in [-0.1, -0.05) is 23.7 Å². The molecule has 0 bridgehead atoms. The minimum atomic E-state index is -0.613. The highest BCUT2D eigenvalue weighted by atomic mass is 35.5. The number of aryl methyl sites for hydroxylation is 1. The van der Waals surface area contributed by atoms with Gasteiger partial charge < -0.3 is 19.9 Å². The molecule has 0 amide bonds. The molecule has 1 unspecified atom stereocenters. The first-order chi connectivity index (χ1) is 11.0. The van der Waals surface area contributed by atoms with Crippen LogP contribution in [-0.4, -0.2) is 63.7 Å². The van der Waals surface area contributed by atoms with Crippen molar-refractivity contribution in [1.29, 1.82) is 0 Å². The minimum absolute atomic E-state index is 0.00311. The van der Waals surface area contributed by atoms with Crippen LogP contribution in [0.5, 0.6) is 0 Å². The minimum Gasteiger partial charge on any atom is -0.395 e. The summed E-state index contributed by atoms with van der Waals surface area (Å²) in [4.78, 5) is 1.85. The predicted octanol–water partition coefficient (Wildman–Crippen LogP) is 1.56. The molecular weight excluding hydrogens is 316 g/mol. The highest BCUT2D eigenvalue weighted by Gasteiger charge is 2.17. The zero-order chi connectivity index (χ0) is 17.0. The van der Waals surface area contributed by atoms with Gasteiger partial charge in [-0.25, -0.2) is 0 Å². The molecule has 1 aromatic carbocycles. The zero-order valence-electron chi connectivity index (χ0n) is 13.7. The third-order valence-electron chi connectivity index (χ3n) is 4.30. The molecule has 1 atom stereocenters. The Balaban J connectivity index is 2.22. The van der Waals surface area contributed by atoms with E-state index in [-0.39, 0.29) is 13.2 Å². The van der Waals surface area contributed by atoms with Gasteiger partial charge in [-0.2, -0.15) is 0 Å². The molecule has 0 fully saturated rings. The first-order valence-electron chi connectivity index (χ1n) is 7.85. The summed E-state index contributed by atoms with van der Waals surface area (Å²) < 4.78 is 2.05. The molecule has 6 heteroatoms. The maximum Gasteiger partial charge on any atom is 0.0845 e. The number of hydrogen-bond acceptors (Lipinski definition) is 4. The smallest absolute Gasteiger partial charge is 0.0845 e. The fourth-order valence-corrected chi connectivity index (χ4v) is 3.31. The van der Waals surface area contributed by atoms with E-state index in [1.807, 2.05) is 34.6 Å². The first-order valence-corrected chi connectivity index (χ1v) is 8.23. The van der Waals surface area contributed by atoms with E-state index in [0.29, 0.717) is 31.2 Å². The van der Waals surface area contributed by atoms with Gasteiger partial charge in [0.25, 0.3) is 0 Å². The molecule has 0 saturated carbocycles. The molecule has 0 aliphatic heterocycles. The van der Waals surface area contributed by atoms with Gasteiger partial charge in [-0.05, 0) is 25.5 Å². The summed E-state index contributed by atoms with van der Waals surface area (Å²) in [6, 6.07) is 5.83. The van der Waals surface area contributed by atoms with Gasteiger partial charge in [0.05, 0.1) is 36.4 Å². The lowest BCUT2D eigenvalue weighted by atomic mass is 10.2. The summed E-state index contributed by atoms with van der Waals surface area (Å²) in [6.07, 6.45) is -0.613. The standard InChI is InChI=1S/C17H25ClN2O3/c1-12-13(2)20(17-15(12)4-3-5-16(17)18)11-14(23)10-19(6-8-21)7-9-22/h3-5,14,21-23H,6-11H2,1-2H3. The first kappa shape index (κ1) is 18.2. The van der Waals surface area contributed by atoms with Gasteiger partial charge in [0.2, 0.25) is 0 Å². The molecule has 0 saturated heterocycles. The number of benzene rings is 1. The Morgan fingerprint density at radius 2 is 1.83 bits per heavy atom.